The van der Waals surface area contributed by atoms with Gasteiger partial charge in [-0.15, -0.1) is 0 Å². The third-order valence-corrected chi connectivity index (χ3v) is 5.60. The van der Waals surface area contributed by atoms with Gasteiger partial charge in [-0.3, -0.25) is 9.48 Å². The van der Waals surface area contributed by atoms with Crippen molar-refractivity contribution in [3.63, 3.8) is 0 Å². The highest BCUT2D eigenvalue weighted by molar-refractivity contribution is 5.86. The molecule has 0 radical (unpaired) electrons. The number of rotatable bonds is 6. The second-order valence-corrected chi connectivity index (χ2v) is 7.14. The highest BCUT2D eigenvalue weighted by atomic mass is 16.1. The van der Waals surface area contributed by atoms with Crippen molar-refractivity contribution < 1.29 is 4.79 Å². The van der Waals surface area contributed by atoms with Gasteiger partial charge in [-0.25, -0.2) is 9.97 Å². The summed E-state index contributed by atoms with van der Waals surface area (Å²) in [7, 11) is 1.86. The van der Waals surface area contributed by atoms with Crippen molar-refractivity contribution in [2.75, 3.05) is 18.4 Å². The molecular formula is C17H24N6O. The summed E-state index contributed by atoms with van der Waals surface area (Å²) < 4.78 is 1.72. The number of amides is 1. The highest BCUT2D eigenvalue weighted by Gasteiger charge is 2.39. The number of hydrogen-bond acceptors (Lipinski definition) is 5. The highest BCUT2D eigenvalue weighted by Crippen LogP contribution is 2.49. The van der Waals surface area contributed by atoms with Gasteiger partial charge >= 0.3 is 0 Å². The van der Waals surface area contributed by atoms with E-state index in [9.17, 15) is 4.79 Å². The van der Waals surface area contributed by atoms with Crippen LogP contribution in [0.4, 0.5) is 5.82 Å². The number of anilines is 1. The van der Waals surface area contributed by atoms with Gasteiger partial charge in [-0.1, -0.05) is 6.42 Å². The third-order valence-electron chi connectivity index (χ3n) is 5.60. The van der Waals surface area contributed by atoms with Crippen LogP contribution in [0.1, 0.15) is 32.1 Å². The summed E-state index contributed by atoms with van der Waals surface area (Å²) >= 11 is 0. The first kappa shape index (κ1) is 15.4. The van der Waals surface area contributed by atoms with Gasteiger partial charge < -0.3 is 10.6 Å². The monoisotopic (exact) mass is 328 g/mol. The van der Waals surface area contributed by atoms with E-state index in [1.807, 2.05) is 7.05 Å². The Balaban J connectivity index is 1.23. The normalized spacial score (nSPS) is 25.3. The number of aryl methyl sites for hydroxylation is 1. The van der Waals surface area contributed by atoms with Gasteiger partial charge in [0.1, 0.15) is 12.1 Å². The molecule has 2 bridgehead atoms. The van der Waals surface area contributed by atoms with Crippen molar-refractivity contribution in [1.29, 1.82) is 0 Å². The molecule has 4 rings (SSSR count). The zero-order valence-corrected chi connectivity index (χ0v) is 14.0. The van der Waals surface area contributed by atoms with E-state index >= 15 is 0 Å². The summed E-state index contributed by atoms with van der Waals surface area (Å²) in [6.45, 7) is 1.24. The predicted octanol–water partition coefficient (Wildman–Crippen LogP) is 1.72. The van der Waals surface area contributed by atoms with Crippen LogP contribution in [0, 0.1) is 17.8 Å². The number of carbonyl (C=O) groups excluding carboxylic acids is 1. The standard InChI is InChI=1S/C17H24N6O/c1-23-17-14(9-22-23)16(20-10-21-17)19-5-4-18-15(24)8-13-7-11-2-3-12(13)6-11/h9-13H,2-8H2,1H3,(H,18,24)(H,19,20,21)/t11-,12-,13-/m0/s1. The minimum absolute atomic E-state index is 0.184. The smallest absolute Gasteiger partial charge is 0.220 e. The Bertz CT molecular complexity index is 742. The Morgan fingerprint density at radius 3 is 3.00 bits per heavy atom. The minimum Gasteiger partial charge on any atom is -0.368 e. The number of aromatic nitrogens is 4. The zero-order chi connectivity index (χ0) is 16.5. The average Bonchev–Trinajstić information content (AvgIpc) is 3.28. The molecule has 128 valence electrons. The quantitative estimate of drug-likeness (QED) is 0.789. The molecule has 0 aliphatic heterocycles. The molecule has 2 N–H and O–H groups in total. The second kappa shape index (κ2) is 6.37. The van der Waals surface area contributed by atoms with Crippen LogP contribution >= 0.6 is 0 Å². The summed E-state index contributed by atoms with van der Waals surface area (Å²) in [6.07, 6.45) is 9.31. The van der Waals surface area contributed by atoms with E-state index in [0.717, 1.165) is 28.7 Å². The molecular weight excluding hydrogens is 304 g/mol. The van der Waals surface area contributed by atoms with Gasteiger partial charge in [0.2, 0.25) is 5.91 Å². The maximum atomic E-state index is 12.1. The average molecular weight is 328 g/mol. The second-order valence-electron chi connectivity index (χ2n) is 7.14. The van der Waals surface area contributed by atoms with E-state index in [4.69, 9.17) is 0 Å². The topological polar surface area (TPSA) is 84.7 Å². The molecule has 2 aliphatic carbocycles. The molecule has 1 amide bonds. The van der Waals surface area contributed by atoms with E-state index in [-0.39, 0.29) is 5.91 Å². The Morgan fingerprint density at radius 2 is 2.21 bits per heavy atom. The molecule has 24 heavy (non-hydrogen) atoms. The number of hydrogen-bond donors (Lipinski definition) is 2. The van der Waals surface area contributed by atoms with E-state index in [0.29, 0.717) is 25.4 Å². The van der Waals surface area contributed by atoms with Gasteiger partial charge in [-0.2, -0.15) is 5.10 Å². The van der Waals surface area contributed by atoms with Gasteiger partial charge in [0.15, 0.2) is 5.65 Å². The summed E-state index contributed by atoms with van der Waals surface area (Å²) in [5, 5.41) is 11.4. The lowest BCUT2D eigenvalue weighted by Gasteiger charge is -2.20. The molecule has 0 aromatic carbocycles. The number of carbonyl (C=O) groups is 1. The fraction of sp³-hybridized carbons (Fsp3) is 0.647. The van der Waals surface area contributed by atoms with Crippen LogP contribution in [-0.4, -0.2) is 38.7 Å². The lowest BCUT2D eigenvalue weighted by Crippen LogP contribution is -2.31. The lowest BCUT2D eigenvalue weighted by atomic mass is 9.86. The molecule has 2 heterocycles. The zero-order valence-electron chi connectivity index (χ0n) is 14.0. The molecule has 0 spiro atoms. The number of nitrogens with one attached hydrogen (secondary N) is 2. The summed E-state index contributed by atoms with van der Waals surface area (Å²) in [6, 6.07) is 0. The van der Waals surface area contributed by atoms with Crippen molar-refractivity contribution in [1.82, 2.24) is 25.1 Å². The molecule has 2 aromatic rings. The van der Waals surface area contributed by atoms with E-state index in [1.165, 1.54) is 32.0 Å². The molecule has 7 nitrogen and oxygen atoms in total. The van der Waals surface area contributed by atoms with E-state index < -0.39 is 0 Å². The largest absolute Gasteiger partial charge is 0.368 e. The fourth-order valence-corrected chi connectivity index (χ4v) is 4.42. The molecule has 0 unspecified atom stereocenters. The first-order valence-electron chi connectivity index (χ1n) is 8.84. The number of fused-ring (bicyclic) bond motifs is 3. The van der Waals surface area contributed by atoms with E-state index in [2.05, 4.69) is 25.7 Å². The van der Waals surface area contributed by atoms with Crippen molar-refractivity contribution in [2.24, 2.45) is 24.8 Å². The van der Waals surface area contributed by atoms with Gasteiger partial charge in [0, 0.05) is 26.6 Å². The summed E-state index contributed by atoms with van der Waals surface area (Å²) in [4.78, 5) is 20.6. The van der Waals surface area contributed by atoms with Gasteiger partial charge in [-0.05, 0) is 37.0 Å². The maximum Gasteiger partial charge on any atom is 0.220 e. The molecule has 7 heteroatoms. The Hall–Kier alpha value is -2.18. The Morgan fingerprint density at radius 1 is 1.29 bits per heavy atom. The first-order chi connectivity index (χ1) is 11.7. The van der Waals surface area contributed by atoms with Gasteiger partial charge in [0.25, 0.3) is 0 Å². The molecule has 2 saturated carbocycles. The Labute approximate surface area is 141 Å². The van der Waals surface area contributed by atoms with Crippen LogP contribution in [0.2, 0.25) is 0 Å². The number of nitrogens with zero attached hydrogens (tertiary/aromatic N) is 4. The Kier molecular flexibility index (Phi) is 4.08. The van der Waals surface area contributed by atoms with Crippen molar-refractivity contribution in [3.8, 4) is 0 Å². The molecule has 2 aliphatic rings. The maximum absolute atomic E-state index is 12.1. The molecule has 2 aromatic heterocycles. The summed E-state index contributed by atoms with van der Waals surface area (Å²) in [5.41, 5.74) is 0.799. The molecule has 2 fully saturated rings. The van der Waals surface area contributed by atoms with Crippen LogP contribution in [-0.2, 0) is 11.8 Å². The lowest BCUT2D eigenvalue weighted by molar-refractivity contribution is -0.122. The first-order valence-corrected chi connectivity index (χ1v) is 8.84. The minimum atomic E-state index is 0.184. The molecule has 3 atom stereocenters. The summed E-state index contributed by atoms with van der Waals surface area (Å²) in [5.74, 6) is 3.26. The third kappa shape index (κ3) is 2.95. The van der Waals surface area contributed by atoms with Crippen molar-refractivity contribution >= 4 is 22.8 Å². The SMILES string of the molecule is Cn1ncc2c(NCCNC(=O)C[C@@H]3C[C@H]4CC[C@H]3C4)ncnc21. The van der Waals surface area contributed by atoms with Gasteiger partial charge in [0.05, 0.1) is 11.6 Å². The fourth-order valence-electron chi connectivity index (χ4n) is 4.42. The molecule has 0 saturated heterocycles. The van der Waals surface area contributed by atoms with E-state index in [1.54, 1.807) is 10.9 Å². The van der Waals surface area contributed by atoms with Crippen molar-refractivity contribution in [3.05, 3.63) is 12.5 Å². The van der Waals surface area contributed by atoms with Crippen LogP contribution in [0.25, 0.3) is 11.0 Å². The predicted molar refractivity (Wildman–Crippen MR) is 91.4 cm³/mol. The van der Waals surface area contributed by atoms with Crippen LogP contribution in [0.5, 0.6) is 0 Å². The van der Waals surface area contributed by atoms with Crippen molar-refractivity contribution in [2.45, 2.75) is 32.1 Å². The van der Waals surface area contributed by atoms with Crippen LogP contribution < -0.4 is 10.6 Å². The van der Waals surface area contributed by atoms with Crippen LogP contribution in [0.3, 0.4) is 0 Å². The van der Waals surface area contributed by atoms with Crippen LogP contribution in [0.15, 0.2) is 12.5 Å².